The van der Waals surface area contributed by atoms with Crippen LogP contribution in [0.4, 0.5) is 5.95 Å². The van der Waals surface area contributed by atoms with E-state index in [2.05, 4.69) is 24.8 Å². The van der Waals surface area contributed by atoms with Crippen molar-refractivity contribution in [1.29, 1.82) is 0 Å². The maximum atomic E-state index is 5.95. The number of rotatable bonds is 3. The number of hydrogen-bond acceptors (Lipinski definition) is 8. The molecule has 0 atom stereocenters. The van der Waals surface area contributed by atoms with E-state index in [-0.39, 0.29) is 0 Å². The molecular formula is C7H7ClN6S2. The van der Waals surface area contributed by atoms with E-state index in [1.54, 1.807) is 0 Å². The van der Waals surface area contributed by atoms with Crippen LogP contribution in [0.1, 0.15) is 5.82 Å². The van der Waals surface area contributed by atoms with Crippen molar-refractivity contribution in [2.75, 3.05) is 5.43 Å². The summed E-state index contributed by atoms with van der Waals surface area (Å²) in [6, 6.07) is 0. The van der Waals surface area contributed by atoms with Crippen molar-refractivity contribution >= 4 is 40.8 Å². The summed E-state index contributed by atoms with van der Waals surface area (Å²) in [5, 5.41) is 1.05. The highest BCUT2D eigenvalue weighted by Gasteiger charge is 2.09. The molecule has 0 aliphatic carbocycles. The van der Waals surface area contributed by atoms with Crippen LogP contribution in [0.15, 0.2) is 15.6 Å². The predicted octanol–water partition coefficient (Wildman–Crippen LogP) is 1.73. The average Bonchev–Trinajstić information content (AvgIpc) is 2.67. The molecule has 16 heavy (non-hydrogen) atoms. The second-order valence-corrected chi connectivity index (χ2v) is 5.10. The van der Waals surface area contributed by atoms with Gasteiger partial charge in [0.2, 0.25) is 5.95 Å². The number of nitrogens with two attached hydrogens (primary N) is 1. The fraction of sp³-hybridized carbons (Fsp3) is 0.143. The summed E-state index contributed by atoms with van der Waals surface area (Å²) in [4.78, 5) is 12.2. The zero-order chi connectivity index (χ0) is 11.5. The summed E-state index contributed by atoms with van der Waals surface area (Å²) < 4.78 is 4.85. The van der Waals surface area contributed by atoms with Crippen molar-refractivity contribution in [2.24, 2.45) is 5.84 Å². The lowest BCUT2D eigenvalue weighted by atomic mass is 10.7. The third-order valence-electron chi connectivity index (χ3n) is 1.53. The van der Waals surface area contributed by atoms with Gasteiger partial charge in [0.25, 0.3) is 0 Å². The van der Waals surface area contributed by atoms with Crippen LogP contribution in [-0.4, -0.2) is 19.3 Å². The quantitative estimate of drug-likeness (QED) is 0.500. The Hall–Kier alpha value is -0.960. The van der Waals surface area contributed by atoms with Crippen molar-refractivity contribution in [3.05, 3.63) is 17.0 Å². The van der Waals surface area contributed by atoms with Crippen LogP contribution in [-0.2, 0) is 0 Å². The first-order valence-electron chi connectivity index (χ1n) is 4.16. The van der Waals surface area contributed by atoms with Gasteiger partial charge >= 0.3 is 0 Å². The summed E-state index contributed by atoms with van der Waals surface area (Å²) in [6.45, 7) is 1.83. The van der Waals surface area contributed by atoms with E-state index >= 15 is 0 Å². The number of aromatic nitrogens is 4. The largest absolute Gasteiger partial charge is 0.292 e. The first-order chi connectivity index (χ1) is 7.69. The summed E-state index contributed by atoms with van der Waals surface area (Å²) in [7, 11) is 0. The molecule has 2 rings (SSSR count). The first-order valence-corrected chi connectivity index (χ1v) is 6.13. The summed E-state index contributed by atoms with van der Waals surface area (Å²) in [6.07, 6.45) is 1.49. The third kappa shape index (κ3) is 2.59. The molecule has 0 fully saturated rings. The molecule has 0 amide bonds. The number of hydrazine groups is 1. The molecule has 2 heterocycles. The van der Waals surface area contributed by atoms with Gasteiger partial charge in [-0.1, -0.05) is 11.6 Å². The summed E-state index contributed by atoms with van der Waals surface area (Å²) >= 11 is 8.58. The molecule has 0 unspecified atom stereocenters. The Labute approximate surface area is 105 Å². The van der Waals surface area contributed by atoms with Gasteiger partial charge in [0.05, 0.1) is 11.2 Å². The molecular weight excluding hydrogens is 268 g/mol. The van der Waals surface area contributed by atoms with E-state index in [1.807, 2.05) is 6.92 Å². The molecule has 0 aliphatic rings. The number of nitrogens with one attached hydrogen (secondary N) is 1. The van der Waals surface area contributed by atoms with Crippen molar-refractivity contribution in [1.82, 2.24) is 19.3 Å². The molecule has 0 radical (unpaired) electrons. The minimum atomic E-state index is 0.313. The Morgan fingerprint density at radius 1 is 1.50 bits per heavy atom. The van der Waals surface area contributed by atoms with Crippen LogP contribution in [0.3, 0.4) is 0 Å². The molecule has 0 aromatic carbocycles. The van der Waals surface area contributed by atoms with Crippen LogP contribution in [0.2, 0.25) is 5.02 Å². The van der Waals surface area contributed by atoms with Crippen molar-refractivity contribution in [3.8, 4) is 0 Å². The Bertz CT molecular complexity index is 501. The zero-order valence-electron chi connectivity index (χ0n) is 8.14. The number of aryl methyl sites for hydroxylation is 1. The lowest BCUT2D eigenvalue weighted by molar-refractivity contribution is 1.02. The SMILES string of the molecule is Cc1nsc(Sc2nc(NN)ncc2Cl)n1. The number of anilines is 1. The second kappa shape index (κ2) is 4.91. The minimum Gasteiger partial charge on any atom is -0.292 e. The normalized spacial score (nSPS) is 10.4. The number of nitrogens with zero attached hydrogens (tertiary/aromatic N) is 4. The molecule has 6 nitrogen and oxygen atoms in total. The first kappa shape index (κ1) is 11.5. The Kier molecular flexibility index (Phi) is 3.54. The monoisotopic (exact) mass is 274 g/mol. The van der Waals surface area contributed by atoms with Crippen LogP contribution < -0.4 is 11.3 Å². The van der Waals surface area contributed by atoms with Crippen molar-refractivity contribution in [2.45, 2.75) is 16.3 Å². The van der Waals surface area contributed by atoms with Crippen LogP contribution in [0.5, 0.6) is 0 Å². The van der Waals surface area contributed by atoms with E-state index in [4.69, 9.17) is 17.4 Å². The van der Waals surface area contributed by atoms with Gasteiger partial charge in [0.1, 0.15) is 10.9 Å². The molecule has 3 N–H and O–H groups in total. The third-order valence-corrected chi connectivity index (χ3v) is 3.77. The van der Waals surface area contributed by atoms with Gasteiger partial charge in [-0.05, 0) is 30.2 Å². The molecule has 0 bridgehead atoms. The molecule has 0 aliphatic heterocycles. The summed E-state index contributed by atoms with van der Waals surface area (Å²) in [5.74, 6) is 6.26. The Balaban J connectivity index is 2.26. The molecule has 9 heteroatoms. The van der Waals surface area contributed by atoms with E-state index in [0.717, 1.165) is 10.2 Å². The van der Waals surface area contributed by atoms with E-state index in [1.165, 1.54) is 29.5 Å². The predicted molar refractivity (Wildman–Crippen MR) is 63.6 cm³/mol. The van der Waals surface area contributed by atoms with Gasteiger partial charge in [-0.15, -0.1) is 0 Å². The van der Waals surface area contributed by atoms with Gasteiger partial charge in [0.15, 0.2) is 4.34 Å². The maximum Gasteiger partial charge on any atom is 0.238 e. The number of halogens is 1. The molecule has 84 valence electrons. The second-order valence-electron chi connectivity index (χ2n) is 2.70. The molecule has 0 spiro atoms. The van der Waals surface area contributed by atoms with Crippen molar-refractivity contribution in [3.63, 3.8) is 0 Å². The van der Waals surface area contributed by atoms with E-state index in [0.29, 0.717) is 16.0 Å². The van der Waals surface area contributed by atoms with Gasteiger partial charge in [-0.3, -0.25) is 5.43 Å². The summed E-state index contributed by atoms with van der Waals surface area (Å²) in [5.41, 5.74) is 2.36. The average molecular weight is 275 g/mol. The Morgan fingerprint density at radius 2 is 2.31 bits per heavy atom. The number of hydrogen-bond donors (Lipinski definition) is 2. The van der Waals surface area contributed by atoms with Crippen molar-refractivity contribution < 1.29 is 0 Å². The molecule has 2 aromatic heterocycles. The van der Waals surface area contributed by atoms with Crippen LogP contribution in [0, 0.1) is 6.92 Å². The minimum absolute atomic E-state index is 0.313. The standard InChI is InChI=1S/C7H7ClN6S2/c1-3-11-7(16-14-3)15-5-4(8)2-10-6(12-5)13-9/h2H,9H2,1H3,(H,10,12,13). The van der Waals surface area contributed by atoms with Gasteiger partial charge in [-0.25, -0.2) is 20.8 Å². The van der Waals surface area contributed by atoms with Gasteiger partial charge in [0, 0.05) is 0 Å². The molecule has 0 saturated carbocycles. The number of nitrogen functional groups attached to an aromatic ring is 1. The lowest BCUT2D eigenvalue weighted by Crippen LogP contribution is -2.10. The molecule has 0 saturated heterocycles. The van der Waals surface area contributed by atoms with Crippen LogP contribution >= 0.6 is 34.9 Å². The smallest absolute Gasteiger partial charge is 0.238 e. The van der Waals surface area contributed by atoms with Gasteiger partial charge in [-0.2, -0.15) is 4.37 Å². The van der Waals surface area contributed by atoms with Crippen LogP contribution in [0.25, 0.3) is 0 Å². The topological polar surface area (TPSA) is 89.6 Å². The highest BCUT2D eigenvalue weighted by Crippen LogP contribution is 2.32. The highest BCUT2D eigenvalue weighted by molar-refractivity contribution is 8.01. The fourth-order valence-corrected chi connectivity index (χ4v) is 2.65. The maximum absolute atomic E-state index is 5.95. The zero-order valence-corrected chi connectivity index (χ0v) is 10.5. The Morgan fingerprint density at radius 3 is 2.94 bits per heavy atom. The lowest BCUT2D eigenvalue weighted by Gasteiger charge is -2.02. The molecule has 2 aromatic rings. The van der Waals surface area contributed by atoms with Gasteiger partial charge < -0.3 is 0 Å². The highest BCUT2D eigenvalue weighted by atomic mass is 35.5. The van der Waals surface area contributed by atoms with E-state index in [9.17, 15) is 0 Å². The van der Waals surface area contributed by atoms with E-state index < -0.39 is 0 Å². The fourth-order valence-electron chi connectivity index (χ4n) is 0.895.